The molecule has 1 N–H and O–H groups in total. The minimum absolute atomic E-state index is 0.0128. The molecule has 0 bridgehead atoms. The topological polar surface area (TPSA) is 127 Å². The van der Waals surface area contributed by atoms with Crippen molar-refractivity contribution in [2.24, 2.45) is 0 Å². The minimum Gasteiger partial charge on any atom is -0.376 e. The van der Waals surface area contributed by atoms with Crippen LogP contribution >= 0.6 is 0 Å². The lowest BCUT2D eigenvalue weighted by molar-refractivity contribution is -0.385. The Balaban J connectivity index is 1.81. The molecule has 4 rings (SSSR count). The van der Waals surface area contributed by atoms with Crippen LogP contribution in [0.1, 0.15) is 35.6 Å². The summed E-state index contributed by atoms with van der Waals surface area (Å²) in [5.41, 5.74) is 0.513. The maximum absolute atomic E-state index is 13.3. The number of aromatic nitrogens is 1. The Morgan fingerprint density at radius 1 is 1.31 bits per heavy atom. The normalized spacial score (nSPS) is 16.5. The lowest BCUT2D eigenvalue weighted by Gasteiger charge is -2.33. The van der Waals surface area contributed by atoms with Crippen molar-refractivity contribution < 1.29 is 32.5 Å². The first kappa shape index (κ1) is 24.3. The monoisotopic (exact) mass is 491 g/mol. The number of hydrogen-bond acceptors (Lipinski definition) is 7. The molecule has 1 unspecified atom stereocenters. The van der Waals surface area contributed by atoms with Crippen LogP contribution in [0, 0.1) is 17.0 Å². The lowest BCUT2D eigenvalue weighted by atomic mass is 9.81. The summed E-state index contributed by atoms with van der Waals surface area (Å²) in [6.45, 7) is 1.27. The van der Waals surface area contributed by atoms with E-state index in [0.717, 1.165) is 4.90 Å². The number of halogens is 3. The van der Waals surface area contributed by atoms with Gasteiger partial charge in [-0.05, 0) is 49.9 Å². The first-order valence-electron chi connectivity index (χ1n) is 10.7. The molecule has 35 heavy (non-hydrogen) atoms. The van der Waals surface area contributed by atoms with E-state index in [1.54, 1.807) is 6.07 Å². The summed E-state index contributed by atoms with van der Waals surface area (Å²) in [4.78, 5) is 36.6. The third-order valence-electron chi connectivity index (χ3n) is 6.21. The summed E-state index contributed by atoms with van der Waals surface area (Å²) >= 11 is 0. The van der Waals surface area contributed by atoms with E-state index in [0.29, 0.717) is 30.4 Å². The van der Waals surface area contributed by atoms with Crippen molar-refractivity contribution in [3.63, 3.8) is 0 Å². The van der Waals surface area contributed by atoms with Crippen LogP contribution in [0.2, 0.25) is 0 Å². The molecule has 9 nitrogen and oxygen atoms in total. The molecule has 0 radical (unpaired) electrons. The smallest absolute Gasteiger partial charge is 0.376 e. The number of hydrogen-bond donors (Lipinski definition) is 1. The maximum Gasteiger partial charge on any atom is 0.423 e. The fraction of sp³-hybridized carbons (Fsp3) is 0.348. The number of fused-ring (bicyclic) bond motifs is 2. The van der Waals surface area contributed by atoms with Gasteiger partial charge >= 0.3 is 11.8 Å². The number of anilines is 1. The van der Waals surface area contributed by atoms with Gasteiger partial charge in [0.05, 0.1) is 16.0 Å². The van der Waals surface area contributed by atoms with E-state index in [2.05, 4.69) is 9.68 Å². The Labute approximate surface area is 195 Å². The number of nitrogens with zero attached hydrogens (tertiary/aromatic N) is 3. The molecule has 1 heterocycles. The van der Waals surface area contributed by atoms with Crippen molar-refractivity contribution in [2.45, 2.75) is 44.4 Å². The molecule has 12 heteroatoms. The van der Waals surface area contributed by atoms with Crippen LogP contribution in [0.3, 0.4) is 0 Å². The van der Waals surface area contributed by atoms with Crippen LogP contribution in [-0.4, -0.2) is 39.9 Å². The van der Waals surface area contributed by atoms with Crippen LogP contribution < -0.4 is 10.5 Å². The van der Waals surface area contributed by atoms with Gasteiger partial charge in [0.2, 0.25) is 6.10 Å². The predicted molar refractivity (Wildman–Crippen MR) is 118 cm³/mol. The van der Waals surface area contributed by atoms with E-state index in [-0.39, 0.29) is 34.4 Å². The van der Waals surface area contributed by atoms with Gasteiger partial charge in [0.15, 0.2) is 0 Å². The molecular formula is C23H20F3N3O6. The zero-order chi connectivity index (χ0) is 25.5. The Bertz CT molecular complexity index is 1370. The number of nitro benzene ring substituents is 1. The number of carbonyl (C=O) groups is 1. The average molecular weight is 491 g/mol. The van der Waals surface area contributed by atoms with Crippen molar-refractivity contribution in [1.82, 2.24) is 5.16 Å². The van der Waals surface area contributed by atoms with Gasteiger partial charge in [0.25, 0.3) is 11.6 Å². The highest BCUT2D eigenvalue weighted by atomic mass is 19.4. The quantitative estimate of drug-likeness (QED) is 0.425. The Morgan fingerprint density at radius 3 is 2.74 bits per heavy atom. The number of nitro groups is 1. The van der Waals surface area contributed by atoms with Crippen molar-refractivity contribution in [2.75, 3.05) is 11.4 Å². The summed E-state index contributed by atoms with van der Waals surface area (Å²) in [5, 5.41) is 25.2. The number of carbonyl (C=O) groups excluding carboxylic acids is 1. The summed E-state index contributed by atoms with van der Waals surface area (Å²) in [6.07, 6.45) is -7.04. The van der Waals surface area contributed by atoms with Gasteiger partial charge in [-0.25, -0.2) is 4.79 Å². The lowest BCUT2D eigenvalue weighted by Crippen LogP contribution is -2.48. The van der Waals surface area contributed by atoms with Crippen LogP contribution in [0.4, 0.5) is 24.5 Å². The van der Waals surface area contributed by atoms with Gasteiger partial charge in [0, 0.05) is 35.2 Å². The van der Waals surface area contributed by atoms with Crippen molar-refractivity contribution in [3.8, 4) is 0 Å². The highest BCUT2D eigenvalue weighted by Gasteiger charge is 2.46. The molecule has 1 aliphatic carbocycles. The Kier molecular flexibility index (Phi) is 6.32. The number of aryl methyl sites for hydroxylation is 1. The molecule has 0 fully saturated rings. The number of aliphatic hydroxyl groups excluding tert-OH is 1. The Hall–Kier alpha value is -3.80. The molecule has 0 aliphatic heterocycles. The first-order chi connectivity index (χ1) is 16.5. The third kappa shape index (κ3) is 4.61. The molecule has 0 spiro atoms. The van der Waals surface area contributed by atoms with E-state index in [1.807, 2.05) is 0 Å². The molecule has 2 atom stereocenters. The highest BCUT2D eigenvalue weighted by Crippen LogP contribution is 2.38. The number of benzene rings is 2. The molecule has 1 aliphatic rings. The fourth-order valence-electron chi connectivity index (χ4n) is 4.50. The van der Waals surface area contributed by atoms with E-state index in [9.17, 15) is 38.0 Å². The van der Waals surface area contributed by atoms with Gasteiger partial charge in [0.1, 0.15) is 0 Å². The second-order valence-electron chi connectivity index (χ2n) is 8.37. The number of aliphatic hydroxyl groups is 1. The van der Waals surface area contributed by atoms with Crippen molar-refractivity contribution in [3.05, 3.63) is 73.8 Å². The van der Waals surface area contributed by atoms with Gasteiger partial charge in [-0.3, -0.25) is 14.9 Å². The molecule has 1 aromatic heterocycles. The van der Waals surface area contributed by atoms with Crippen molar-refractivity contribution in [1.29, 1.82) is 0 Å². The standard InChI is InChI=1S/C23H20F3N3O6/c1-12-18-10-14(8-9-17(18)22(32)35-27-12)28(21(31)20(30)23(24,25)26)11-13-4-2-6-16-15(13)5-3-7-19(16)29(33)34/h3,5,7-10,13,20,30H,2,4,6,11H2,1H3/t13?,20-/m1/s1. The molecule has 184 valence electrons. The first-order valence-corrected chi connectivity index (χ1v) is 10.7. The average Bonchev–Trinajstić information content (AvgIpc) is 2.82. The summed E-state index contributed by atoms with van der Waals surface area (Å²) in [7, 11) is 0. The second kappa shape index (κ2) is 9.10. The molecule has 2 aromatic carbocycles. The molecular weight excluding hydrogens is 471 g/mol. The maximum atomic E-state index is 13.3. The van der Waals surface area contributed by atoms with Gasteiger partial charge in [-0.2, -0.15) is 13.2 Å². The Morgan fingerprint density at radius 2 is 2.06 bits per heavy atom. The number of rotatable bonds is 5. The third-order valence-corrected chi connectivity index (χ3v) is 6.21. The number of amides is 1. The van der Waals surface area contributed by atoms with Crippen LogP contribution in [0.15, 0.2) is 45.7 Å². The van der Waals surface area contributed by atoms with Crippen LogP contribution in [-0.2, 0) is 11.2 Å². The summed E-state index contributed by atoms with van der Waals surface area (Å²) < 4.78 is 44.5. The van der Waals surface area contributed by atoms with E-state index in [4.69, 9.17) is 0 Å². The predicted octanol–water partition coefficient (Wildman–Crippen LogP) is 3.78. The zero-order valence-electron chi connectivity index (χ0n) is 18.4. The summed E-state index contributed by atoms with van der Waals surface area (Å²) in [5.74, 6) is -2.11. The van der Waals surface area contributed by atoms with Gasteiger partial charge in [-0.1, -0.05) is 17.3 Å². The zero-order valence-corrected chi connectivity index (χ0v) is 18.4. The van der Waals surface area contributed by atoms with Crippen LogP contribution in [0.5, 0.6) is 0 Å². The van der Waals surface area contributed by atoms with Gasteiger partial charge < -0.3 is 14.5 Å². The summed E-state index contributed by atoms with van der Waals surface area (Å²) in [6, 6.07) is 8.46. The minimum atomic E-state index is -5.20. The van der Waals surface area contributed by atoms with E-state index < -0.39 is 34.7 Å². The molecule has 0 saturated carbocycles. The molecule has 0 saturated heterocycles. The second-order valence-corrected chi connectivity index (χ2v) is 8.37. The number of alkyl halides is 3. The SMILES string of the molecule is Cc1noc(=O)c2ccc(N(CC3CCCc4c3cccc4[N+](=O)[O-])C(=O)[C@@H](O)C(F)(F)F)cc12. The highest BCUT2D eigenvalue weighted by molar-refractivity contribution is 5.99. The van der Waals surface area contributed by atoms with Crippen molar-refractivity contribution >= 4 is 28.1 Å². The van der Waals surface area contributed by atoms with E-state index in [1.165, 1.54) is 37.3 Å². The molecule has 3 aromatic rings. The largest absolute Gasteiger partial charge is 0.423 e. The van der Waals surface area contributed by atoms with Crippen LogP contribution in [0.25, 0.3) is 10.8 Å². The van der Waals surface area contributed by atoms with E-state index >= 15 is 0 Å². The molecule has 1 amide bonds. The fourth-order valence-corrected chi connectivity index (χ4v) is 4.50. The van der Waals surface area contributed by atoms with Gasteiger partial charge in [-0.15, -0.1) is 0 Å².